The molecule has 30 heavy (non-hydrogen) atoms. The van der Waals surface area contributed by atoms with Crippen LogP contribution in [-0.2, 0) is 22.6 Å². The Morgan fingerprint density at radius 3 is 2.47 bits per heavy atom. The van der Waals surface area contributed by atoms with Crippen LogP contribution in [0.2, 0.25) is 0 Å². The number of likely N-dealkylation sites (N-methyl/N-ethyl adjacent to an activating group) is 1. The average molecular weight is 472 g/mol. The second-order valence-electron chi connectivity index (χ2n) is 6.84. The maximum atomic E-state index is 12.7. The zero-order chi connectivity index (χ0) is 21.7. The highest BCUT2D eigenvalue weighted by Gasteiger charge is 2.20. The molecule has 0 unspecified atom stereocenters. The van der Waals surface area contributed by atoms with Crippen LogP contribution < -0.4 is 5.56 Å². The summed E-state index contributed by atoms with van der Waals surface area (Å²) in [7, 11) is 1.64. The lowest BCUT2D eigenvalue weighted by Crippen LogP contribution is -2.32. The van der Waals surface area contributed by atoms with Gasteiger partial charge in [0.05, 0.1) is 5.39 Å². The Morgan fingerprint density at radius 1 is 1.10 bits per heavy atom. The third-order valence-corrected chi connectivity index (χ3v) is 5.39. The SMILES string of the molecule is CCCn1nc(C(=O)OCC(=O)N(C)Cc2ccccc2Br)c2ccccc2c1=O. The molecular weight excluding hydrogens is 450 g/mol. The maximum Gasteiger partial charge on any atom is 0.359 e. The summed E-state index contributed by atoms with van der Waals surface area (Å²) < 4.78 is 7.40. The fourth-order valence-electron chi connectivity index (χ4n) is 3.03. The summed E-state index contributed by atoms with van der Waals surface area (Å²) in [5.41, 5.74) is 0.715. The maximum absolute atomic E-state index is 12.7. The lowest BCUT2D eigenvalue weighted by atomic mass is 10.1. The van der Waals surface area contributed by atoms with Gasteiger partial charge in [0, 0.05) is 30.0 Å². The molecule has 8 heteroatoms. The largest absolute Gasteiger partial charge is 0.451 e. The molecule has 0 aliphatic heterocycles. The van der Waals surface area contributed by atoms with Gasteiger partial charge in [0.15, 0.2) is 12.3 Å². The number of ether oxygens (including phenoxy) is 1. The zero-order valence-electron chi connectivity index (χ0n) is 16.8. The van der Waals surface area contributed by atoms with E-state index in [2.05, 4.69) is 21.0 Å². The van der Waals surface area contributed by atoms with Crippen molar-refractivity contribution < 1.29 is 14.3 Å². The molecule has 0 N–H and O–H groups in total. The second-order valence-corrected chi connectivity index (χ2v) is 7.69. The van der Waals surface area contributed by atoms with E-state index >= 15 is 0 Å². The zero-order valence-corrected chi connectivity index (χ0v) is 18.4. The molecule has 0 spiro atoms. The van der Waals surface area contributed by atoms with Gasteiger partial charge in [0.25, 0.3) is 11.5 Å². The molecule has 7 nitrogen and oxygen atoms in total. The van der Waals surface area contributed by atoms with E-state index in [1.165, 1.54) is 9.58 Å². The Balaban J connectivity index is 1.75. The number of benzene rings is 2. The summed E-state index contributed by atoms with van der Waals surface area (Å²) in [6.07, 6.45) is 0.693. The molecule has 1 amide bonds. The molecule has 2 aromatic carbocycles. The van der Waals surface area contributed by atoms with E-state index in [0.29, 0.717) is 30.3 Å². The van der Waals surface area contributed by atoms with E-state index in [9.17, 15) is 14.4 Å². The van der Waals surface area contributed by atoms with E-state index in [4.69, 9.17) is 4.74 Å². The summed E-state index contributed by atoms with van der Waals surface area (Å²) in [4.78, 5) is 39.1. The van der Waals surface area contributed by atoms with Crippen molar-refractivity contribution in [1.82, 2.24) is 14.7 Å². The third-order valence-electron chi connectivity index (χ3n) is 4.61. The molecule has 0 saturated heterocycles. The number of carbonyl (C=O) groups is 2. The van der Waals surface area contributed by atoms with Gasteiger partial charge in [0.1, 0.15) is 0 Å². The Hall–Kier alpha value is -3.00. The van der Waals surface area contributed by atoms with E-state index in [1.54, 1.807) is 31.3 Å². The minimum atomic E-state index is -0.737. The van der Waals surface area contributed by atoms with Gasteiger partial charge >= 0.3 is 5.97 Å². The first kappa shape index (κ1) is 21.7. The molecule has 0 atom stereocenters. The molecule has 3 rings (SSSR count). The number of carbonyl (C=O) groups excluding carboxylic acids is 2. The number of hydrogen-bond donors (Lipinski definition) is 0. The van der Waals surface area contributed by atoms with Gasteiger partial charge in [-0.2, -0.15) is 5.10 Å². The molecule has 0 aliphatic carbocycles. The number of aryl methyl sites for hydroxylation is 1. The highest BCUT2D eigenvalue weighted by Crippen LogP contribution is 2.18. The summed E-state index contributed by atoms with van der Waals surface area (Å²) in [6, 6.07) is 14.3. The second kappa shape index (κ2) is 9.67. The molecule has 0 saturated carbocycles. The van der Waals surface area contributed by atoms with Gasteiger partial charge in [-0.1, -0.05) is 59.3 Å². The first-order valence-corrected chi connectivity index (χ1v) is 10.4. The Kier molecular flexibility index (Phi) is 6.99. The third kappa shape index (κ3) is 4.76. The van der Waals surface area contributed by atoms with Crippen LogP contribution in [0.25, 0.3) is 10.8 Å². The number of halogens is 1. The quantitative estimate of drug-likeness (QED) is 0.493. The van der Waals surface area contributed by atoms with E-state index in [-0.39, 0.29) is 17.2 Å². The minimum Gasteiger partial charge on any atom is -0.451 e. The lowest BCUT2D eigenvalue weighted by Gasteiger charge is -2.18. The molecular formula is C22H22BrN3O4. The van der Waals surface area contributed by atoms with E-state index in [1.807, 2.05) is 31.2 Å². The van der Waals surface area contributed by atoms with E-state index in [0.717, 1.165) is 10.0 Å². The molecule has 0 fully saturated rings. The van der Waals surface area contributed by atoms with Crippen molar-refractivity contribution in [3.63, 3.8) is 0 Å². The number of aromatic nitrogens is 2. The van der Waals surface area contributed by atoms with Crippen LogP contribution in [-0.4, -0.2) is 40.2 Å². The van der Waals surface area contributed by atoms with E-state index < -0.39 is 12.6 Å². The first-order valence-electron chi connectivity index (χ1n) is 9.56. The number of hydrogen-bond acceptors (Lipinski definition) is 5. The summed E-state index contributed by atoms with van der Waals surface area (Å²) >= 11 is 3.46. The van der Waals surface area contributed by atoms with Gasteiger partial charge in [-0.05, 0) is 24.1 Å². The predicted molar refractivity (Wildman–Crippen MR) is 117 cm³/mol. The van der Waals surface area contributed by atoms with Crippen LogP contribution in [0.3, 0.4) is 0 Å². The fraction of sp³-hybridized carbons (Fsp3) is 0.273. The van der Waals surface area contributed by atoms with Crippen LogP contribution in [0.4, 0.5) is 0 Å². The van der Waals surface area contributed by atoms with Crippen LogP contribution in [0.15, 0.2) is 57.8 Å². The van der Waals surface area contributed by atoms with Crippen LogP contribution in [0, 0.1) is 0 Å². The number of esters is 1. The van der Waals surface area contributed by atoms with Crippen molar-refractivity contribution in [2.75, 3.05) is 13.7 Å². The van der Waals surface area contributed by atoms with Crippen molar-refractivity contribution in [3.8, 4) is 0 Å². The Morgan fingerprint density at radius 2 is 1.77 bits per heavy atom. The van der Waals surface area contributed by atoms with Crippen molar-refractivity contribution >= 4 is 38.6 Å². The first-order chi connectivity index (χ1) is 14.4. The fourth-order valence-corrected chi connectivity index (χ4v) is 3.44. The molecule has 0 bridgehead atoms. The summed E-state index contributed by atoms with van der Waals surface area (Å²) in [6.45, 7) is 2.27. The molecule has 1 aromatic heterocycles. The molecule has 0 aliphatic rings. The molecule has 3 aromatic rings. The highest BCUT2D eigenvalue weighted by atomic mass is 79.9. The molecule has 1 heterocycles. The van der Waals surface area contributed by atoms with Gasteiger partial charge in [-0.25, -0.2) is 9.48 Å². The highest BCUT2D eigenvalue weighted by molar-refractivity contribution is 9.10. The number of rotatable bonds is 7. The van der Waals surface area contributed by atoms with Crippen LogP contribution in [0.5, 0.6) is 0 Å². The number of fused-ring (bicyclic) bond motifs is 1. The number of amides is 1. The summed E-state index contributed by atoms with van der Waals surface area (Å²) in [5.74, 6) is -1.08. The van der Waals surface area contributed by atoms with Gasteiger partial charge in [0.2, 0.25) is 0 Å². The molecule has 156 valence electrons. The van der Waals surface area contributed by atoms with Crippen LogP contribution in [0.1, 0.15) is 29.4 Å². The summed E-state index contributed by atoms with van der Waals surface area (Å²) in [5, 5.41) is 5.00. The van der Waals surface area contributed by atoms with Crippen LogP contribution >= 0.6 is 15.9 Å². The standard InChI is InChI=1S/C22H22BrN3O4/c1-3-12-26-21(28)17-10-6-5-9-16(17)20(24-26)22(29)30-14-19(27)25(2)13-15-8-4-7-11-18(15)23/h4-11H,3,12-14H2,1-2H3. The Bertz CT molecular complexity index is 1140. The van der Waals surface area contributed by atoms with Gasteiger partial charge < -0.3 is 9.64 Å². The van der Waals surface area contributed by atoms with Crippen molar-refractivity contribution in [1.29, 1.82) is 0 Å². The van der Waals surface area contributed by atoms with Gasteiger partial charge in [-0.15, -0.1) is 0 Å². The lowest BCUT2D eigenvalue weighted by molar-refractivity contribution is -0.133. The monoisotopic (exact) mass is 471 g/mol. The normalized spacial score (nSPS) is 10.8. The topological polar surface area (TPSA) is 81.5 Å². The minimum absolute atomic E-state index is 0.0277. The Labute approximate surface area is 182 Å². The molecule has 0 radical (unpaired) electrons. The van der Waals surface area contributed by atoms with Crippen molar-refractivity contribution in [3.05, 3.63) is 74.6 Å². The predicted octanol–water partition coefficient (Wildman–Crippen LogP) is 3.38. The number of nitrogens with zero attached hydrogens (tertiary/aromatic N) is 3. The van der Waals surface area contributed by atoms with Crippen molar-refractivity contribution in [2.45, 2.75) is 26.4 Å². The van der Waals surface area contributed by atoms with Crippen molar-refractivity contribution in [2.24, 2.45) is 0 Å². The average Bonchev–Trinajstić information content (AvgIpc) is 2.75. The smallest absolute Gasteiger partial charge is 0.359 e. The van der Waals surface area contributed by atoms with Gasteiger partial charge in [-0.3, -0.25) is 9.59 Å².